The third kappa shape index (κ3) is 3.07. The second-order valence-corrected chi connectivity index (χ2v) is 5.66. The zero-order valence-electron chi connectivity index (χ0n) is 12.3. The van der Waals surface area contributed by atoms with Crippen LogP contribution in [0.25, 0.3) is 5.69 Å². The lowest BCUT2D eigenvalue weighted by molar-refractivity contribution is 0.0532. The van der Waals surface area contributed by atoms with Crippen LogP contribution in [0, 0.1) is 11.6 Å². The van der Waals surface area contributed by atoms with Crippen molar-refractivity contribution in [2.24, 2.45) is 0 Å². The van der Waals surface area contributed by atoms with Crippen molar-refractivity contribution in [2.45, 2.75) is 13.0 Å². The molecular weight excluding hydrogens is 328 g/mol. The van der Waals surface area contributed by atoms with E-state index < -0.39 is 17.2 Å². The predicted octanol–water partition coefficient (Wildman–Crippen LogP) is 2.39. The van der Waals surface area contributed by atoms with Gasteiger partial charge in [0.2, 0.25) is 0 Å². The first-order valence-electron chi connectivity index (χ1n) is 7.07. The van der Waals surface area contributed by atoms with Crippen molar-refractivity contribution in [1.82, 2.24) is 9.78 Å². The smallest absolute Gasteiger partial charge is 0.292 e. The summed E-state index contributed by atoms with van der Waals surface area (Å²) in [4.78, 5) is 14.3. The van der Waals surface area contributed by atoms with Gasteiger partial charge in [0.25, 0.3) is 5.56 Å². The minimum atomic E-state index is -0.886. The van der Waals surface area contributed by atoms with E-state index in [9.17, 15) is 13.6 Å². The average molecular weight is 342 g/mol. The maximum absolute atomic E-state index is 13.8. The summed E-state index contributed by atoms with van der Waals surface area (Å²) in [7, 11) is 0. The monoisotopic (exact) mass is 341 g/mol. The van der Waals surface area contributed by atoms with Gasteiger partial charge in [-0.05, 0) is 19.1 Å². The van der Waals surface area contributed by atoms with Gasteiger partial charge in [0, 0.05) is 19.2 Å². The van der Waals surface area contributed by atoms with Crippen LogP contribution in [-0.2, 0) is 4.74 Å². The standard InChI is InChI=1S/C15H14ClF2N3O2/c1-9-8-20(4-5-23-9)13-7-19-21(15(22)14(13)16)12-3-2-10(17)6-11(12)18/h2-3,6-7,9H,4-5,8H2,1H3. The summed E-state index contributed by atoms with van der Waals surface area (Å²) < 4.78 is 33.1. The highest BCUT2D eigenvalue weighted by molar-refractivity contribution is 6.33. The third-order valence-corrected chi connectivity index (χ3v) is 3.98. The molecule has 0 radical (unpaired) electrons. The molecule has 1 fully saturated rings. The molecule has 1 aromatic carbocycles. The number of hydrogen-bond acceptors (Lipinski definition) is 4. The molecule has 1 unspecified atom stereocenters. The molecule has 1 aromatic heterocycles. The van der Waals surface area contributed by atoms with Crippen LogP contribution in [0.5, 0.6) is 0 Å². The maximum atomic E-state index is 13.8. The summed E-state index contributed by atoms with van der Waals surface area (Å²) in [6, 6.07) is 2.89. The van der Waals surface area contributed by atoms with Crippen molar-refractivity contribution >= 4 is 17.3 Å². The number of aromatic nitrogens is 2. The zero-order chi connectivity index (χ0) is 16.6. The molecule has 5 nitrogen and oxygen atoms in total. The SMILES string of the molecule is CC1CN(c2cnn(-c3ccc(F)cc3F)c(=O)c2Cl)CCO1. The van der Waals surface area contributed by atoms with Crippen LogP contribution in [0.2, 0.25) is 5.02 Å². The van der Waals surface area contributed by atoms with Gasteiger partial charge in [0.15, 0.2) is 5.82 Å². The van der Waals surface area contributed by atoms with E-state index >= 15 is 0 Å². The molecule has 1 aliphatic rings. The van der Waals surface area contributed by atoms with Crippen LogP contribution in [0.3, 0.4) is 0 Å². The number of hydrogen-bond donors (Lipinski definition) is 0. The predicted molar refractivity (Wildman–Crippen MR) is 82.4 cm³/mol. The zero-order valence-corrected chi connectivity index (χ0v) is 13.1. The summed E-state index contributed by atoms with van der Waals surface area (Å²) in [5, 5.41) is 3.92. The second kappa shape index (κ2) is 6.25. The first-order valence-corrected chi connectivity index (χ1v) is 7.45. The van der Waals surface area contributed by atoms with E-state index in [0.717, 1.165) is 16.8 Å². The van der Waals surface area contributed by atoms with Crippen molar-refractivity contribution in [3.8, 4) is 5.69 Å². The Morgan fingerprint density at radius 1 is 1.35 bits per heavy atom. The van der Waals surface area contributed by atoms with Crippen LogP contribution in [0.1, 0.15) is 6.92 Å². The molecule has 23 heavy (non-hydrogen) atoms. The van der Waals surface area contributed by atoms with Gasteiger partial charge >= 0.3 is 0 Å². The maximum Gasteiger partial charge on any atom is 0.292 e. The van der Waals surface area contributed by atoms with Crippen LogP contribution in [-0.4, -0.2) is 35.6 Å². The van der Waals surface area contributed by atoms with Gasteiger partial charge in [-0.2, -0.15) is 9.78 Å². The molecule has 0 saturated carbocycles. The molecule has 2 heterocycles. The highest BCUT2D eigenvalue weighted by Crippen LogP contribution is 2.24. The minimum Gasteiger partial charge on any atom is -0.375 e. The highest BCUT2D eigenvalue weighted by atomic mass is 35.5. The normalized spacial score (nSPS) is 18.3. The van der Waals surface area contributed by atoms with Gasteiger partial charge in [-0.15, -0.1) is 0 Å². The van der Waals surface area contributed by atoms with Crippen molar-refractivity contribution in [2.75, 3.05) is 24.6 Å². The number of rotatable bonds is 2. The fourth-order valence-electron chi connectivity index (χ4n) is 2.51. The molecule has 0 bridgehead atoms. The van der Waals surface area contributed by atoms with Crippen molar-refractivity contribution in [1.29, 1.82) is 0 Å². The Balaban J connectivity index is 2.02. The average Bonchev–Trinajstić information content (AvgIpc) is 2.51. The largest absolute Gasteiger partial charge is 0.375 e. The Kier molecular flexibility index (Phi) is 4.32. The molecule has 0 N–H and O–H groups in total. The number of nitrogens with zero attached hydrogens (tertiary/aromatic N) is 3. The molecule has 3 rings (SSSR count). The summed E-state index contributed by atoms with van der Waals surface area (Å²) in [6.45, 7) is 3.60. The molecule has 0 aliphatic carbocycles. The van der Waals surface area contributed by atoms with Crippen LogP contribution in [0.15, 0.2) is 29.2 Å². The van der Waals surface area contributed by atoms with E-state index in [1.54, 1.807) is 0 Å². The summed E-state index contributed by atoms with van der Waals surface area (Å²) >= 11 is 6.16. The van der Waals surface area contributed by atoms with E-state index in [-0.39, 0.29) is 16.8 Å². The van der Waals surface area contributed by atoms with Crippen LogP contribution < -0.4 is 10.5 Å². The van der Waals surface area contributed by atoms with Gasteiger partial charge in [-0.1, -0.05) is 11.6 Å². The van der Waals surface area contributed by atoms with E-state index in [1.165, 1.54) is 6.20 Å². The fourth-order valence-corrected chi connectivity index (χ4v) is 2.75. The first-order chi connectivity index (χ1) is 11.0. The Morgan fingerprint density at radius 3 is 2.83 bits per heavy atom. The summed E-state index contributed by atoms with van der Waals surface area (Å²) in [6.07, 6.45) is 1.42. The molecule has 8 heteroatoms. The number of morpholine rings is 1. The molecule has 1 aliphatic heterocycles. The van der Waals surface area contributed by atoms with Gasteiger partial charge < -0.3 is 9.64 Å². The van der Waals surface area contributed by atoms with Crippen LogP contribution in [0.4, 0.5) is 14.5 Å². The van der Waals surface area contributed by atoms with E-state index in [2.05, 4.69) is 5.10 Å². The minimum absolute atomic E-state index is 0.0109. The number of anilines is 1. The summed E-state index contributed by atoms with van der Waals surface area (Å²) in [5.41, 5.74) is -0.334. The second-order valence-electron chi connectivity index (χ2n) is 5.28. The lowest BCUT2D eigenvalue weighted by Gasteiger charge is -2.33. The Labute approximate surface area is 136 Å². The Hall–Kier alpha value is -1.99. The topological polar surface area (TPSA) is 47.4 Å². The van der Waals surface area contributed by atoms with Gasteiger partial charge in [-0.3, -0.25) is 4.79 Å². The lowest BCUT2D eigenvalue weighted by atomic mass is 10.2. The first kappa shape index (κ1) is 15.9. The molecule has 2 aromatic rings. The molecule has 122 valence electrons. The van der Waals surface area contributed by atoms with Crippen molar-refractivity contribution in [3.63, 3.8) is 0 Å². The third-order valence-electron chi connectivity index (χ3n) is 3.62. The van der Waals surface area contributed by atoms with Gasteiger partial charge in [0.1, 0.15) is 16.5 Å². The molecule has 0 amide bonds. The number of ether oxygens (including phenoxy) is 1. The highest BCUT2D eigenvalue weighted by Gasteiger charge is 2.22. The van der Waals surface area contributed by atoms with E-state index in [0.29, 0.717) is 31.5 Å². The number of benzene rings is 1. The van der Waals surface area contributed by atoms with Crippen LogP contribution >= 0.6 is 11.6 Å². The quantitative estimate of drug-likeness (QED) is 0.841. The molecule has 1 saturated heterocycles. The van der Waals surface area contributed by atoms with Gasteiger partial charge in [0.05, 0.1) is 24.6 Å². The van der Waals surface area contributed by atoms with Gasteiger partial charge in [-0.25, -0.2) is 8.78 Å². The fraction of sp³-hybridized carbons (Fsp3) is 0.333. The van der Waals surface area contributed by atoms with Crippen molar-refractivity contribution < 1.29 is 13.5 Å². The van der Waals surface area contributed by atoms with E-state index in [1.807, 2.05) is 11.8 Å². The molecule has 1 atom stereocenters. The van der Waals surface area contributed by atoms with E-state index in [4.69, 9.17) is 16.3 Å². The Bertz CT molecular complexity index is 797. The molecular formula is C15H14ClF2N3O2. The lowest BCUT2D eigenvalue weighted by Crippen LogP contribution is -2.42. The Morgan fingerprint density at radius 2 is 2.13 bits per heavy atom. The molecule has 0 spiro atoms. The van der Waals surface area contributed by atoms with Crippen molar-refractivity contribution in [3.05, 3.63) is 51.4 Å². The number of halogens is 3. The summed E-state index contributed by atoms with van der Waals surface area (Å²) in [5.74, 6) is -1.62.